The number of rotatable bonds is 3. The van der Waals surface area contributed by atoms with Crippen LogP contribution in [0.25, 0.3) is 65.7 Å². The first-order chi connectivity index (χ1) is 23.2. The van der Waals surface area contributed by atoms with Gasteiger partial charge in [0.1, 0.15) is 0 Å². The van der Waals surface area contributed by atoms with E-state index < -0.39 is 0 Å². The molecule has 8 aromatic rings. The van der Waals surface area contributed by atoms with Crippen molar-refractivity contribution in [1.29, 1.82) is 0 Å². The number of benzene rings is 8. The molecule has 0 bridgehead atoms. The Morgan fingerprint density at radius 3 is 1.72 bits per heavy atom. The first-order valence-electron chi connectivity index (χ1n) is 16.5. The van der Waals surface area contributed by atoms with E-state index in [9.17, 15) is 4.79 Å². The molecule has 0 saturated carbocycles. The normalized spacial score (nSPS) is 14.5. The molecule has 0 heterocycles. The minimum Gasteiger partial charge on any atom is -0.293 e. The second-order valence-electron chi connectivity index (χ2n) is 12.7. The van der Waals surface area contributed by atoms with Gasteiger partial charge in [0.15, 0.2) is 5.78 Å². The quantitative estimate of drug-likeness (QED) is 0.184. The van der Waals surface area contributed by atoms with E-state index in [4.69, 9.17) is 0 Å². The Bertz CT molecular complexity index is 2440. The summed E-state index contributed by atoms with van der Waals surface area (Å²) in [4.78, 5) is 14.8. The predicted molar refractivity (Wildman–Crippen MR) is 197 cm³/mol. The van der Waals surface area contributed by atoms with Gasteiger partial charge in [0, 0.05) is 11.5 Å². The van der Waals surface area contributed by atoms with Crippen LogP contribution >= 0.6 is 0 Å². The van der Waals surface area contributed by atoms with Crippen molar-refractivity contribution in [3.8, 4) is 33.4 Å². The lowest BCUT2D eigenvalue weighted by molar-refractivity contribution is 0.0956. The molecular formula is C46H32O. The van der Waals surface area contributed by atoms with Crippen molar-refractivity contribution in [2.24, 2.45) is 0 Å². The molecule has 1 nitrogen and oxygen atoms in total. The number of hydrogen-bond donors (Lipinski definition) is 0. The van der Waals surface area contributed by atoms with Crippen molar-refractivity contribution >= 4 is 38.1 Å². The summed E-state index contributed by atoms with van der Waals surface area (Å²) in [5.41, 5.74) is 10.2. The van der Waals surface area contributed by atoms with E-state index in [2.05, 4.69) is 146 Å². The maximum Gasteiger partial charge on any atom is 0.170 e. The Labute approximate surface area is 274 Å². The van der Waals surface area contributed by atoms with E-state index in [1.807, 2.05) is 18.2 Å². The third-order valence-corrected chi connectivity index (χ3v) is 10.1. The summed E-state index contributed by atoms with van der Waals surface area (Å²) in [5, 5.41) is 7.28. The number of ketones is 1. The third kappa shape index (κ3) is 4.58. The summed E-state index contributed by atoms with van der Waals surface area (Å²) in [7, 11) is 0. The van der Waals surface area contributed by atoms with Gasteiger partial charge in [-0.15, -0.1) is 0 Å². The van der Waals surface area contributed by atoms with Crippen LogP contribution in [0.2, 0.25) is 0 Å². The Morgan fingerprint density at radius 1 is 0.404 bits per heavy atom. The Kier molecular flexibility index (Phi) is 6.57. The highest BCUT2D eigenvalue weighted by atomic mass is 16.1. The van der Waals surface area contributed by atoms with Gasteiger partial charge in [0.25, 0.3) is 0 Å². The molecular weight excluding hydrogens is 569 g/mol. The zero-order chi connectivity index (χ0) is 31.3. The molecule has 0 aromatic heterocycles. The van der Waals surface area contributed by atoms with E-state index >= 15 is 0 Å². The van der Waals surface area contributed by atoms with E-state index in [1.54, 1.807) is 0 Å². The maximum absolute atomic E-state index is 14.8. The Morgan fingerprint density at radius 2 is 0.979 bits per heavy atom. The van der Waals surface area contributed by atoms with Crippen LogP contribution in [0.4, 0.5) is 0 Å². The van der Waals surface area contributed by atoms with Crippen molar-refractivity contribution in [3.05, 3.63) is 180 Å². The average molecular weight is 601 g/mol. The maximum atomic E-state index is 14.8. The Balaban J connectivity index is 1.23. The molecule has 0 saturated heterocycles. The van der Waals surface area contributed by atoms with Gasteiger partial charge < -0.3 is 0 Å². The van der Waals surface area contributed by atoms with Crippen LogP contribution in [0.3, 0.4) is 0 Å². The van der Waals surface area contributed by atoms with E-state index in [-0.39, 0.29) is 11.7 Å². The van der Waals surface area contributed by atoms with E-state index in [0.29, 0.717) is 0 Å². The summed E-state index contributed by atoms with van der Waals surface area (Å²) in [6.07, 6.45) is 1.58. The molecule has 8 aromatic carbocycles. The number of hydrogen-bond acceptors (Lipinski definition) is 1. The molecule has 1 heteroatoms. The SMILES string of the molecule is O=C1c2ccccc2-c2cc(-c3ccccc3)ccc2CCC1c1cccc2c3ccc(-c4ccccc4)cc3c3ccccc3c12. The molecule has 0 spiro atoms. The summed E-state index contributed by atoms with van der Waals surface area (Å²) in [6, 6.07) is 58.2. The van der Waals surface area contributed by atoms with Crippen LogP contribution in [0, 0.1) is 0 Å². The van der Waals surface area contributed by atoms with Crippen LogP contribution in [-0.2, 0) is 6.42 Å². The summed E-state index contributed by atoms with van der Waals surface area (Å²) >= 11 is 0. The number of aryl methyl sites for hydroxylation is 1. The van der Waals surface area contributed by atoms with Crippen LogP contribution in [0.15, 0.2) is 164 Å². The molecule has 0 radical (unpaired) electrons. The van der Waals surface area contributed by atoms with Crippen molar-refractivity contribution in [1.82, 2.24) is 0 Å². The van der Waals surface area contributed by atoms with Gasteiger partial charge in [-0.05, 0) is 102 Å². The molecule has 0 aliphatic heterocycles. The molecule has 1 atom stereocenters. The van der Waals surface area contributed by atoms with Crippen LogP contribution in [0.5, 0.6) is 0 Å². The van der Waals surface area contributed by atoms with Crippen molar-refractivity contribution in [2.75, 3.05) is 0 Å². The minimum atomic E-state index is -0.258. The number of Topliss-reactive ketones (excluding diaryl/α,β-unsaturated/α-hetero) is 1. The molecule has 222 valence electrons. The topological polar surface area (TPSA) is 17.1 Å². The zero-order valence-corrected chi connectivity index (χ0v) is 26.0. The lowest BCUT2D eigenvalue weighted by Gasteiger charge is -2.25. The Hall–Kier alpha value is -5.79. The van der Waals surface area contributed by atoms with Crippen molar-refractivity contribution < 1.29 is 4.79 Å². The molecule has 47 heavy (non-hydrogen) atoms. The minimum absolute atomic E-state index is 0.201. The first-order valence-corrected chi connectivity index (χ1v) is 16.5. The van der Waals surface area contributed by atoms with Crippen LogP contribution < -0.4 is 0 Å². The summed E-state index contributed by atoms with van der Waals surface area (Å²) in [6.45, 7) is 0. The largest absolute Gasteiger partial charge is 0.293 e. The fourth-order valence-electron chi connectivity index (χ4n) is 7.84. The molecule has 1 aliphatic carbocycles. The lowest BCUT2D eigenvalue weighted by atomic mass is 9.77. The molecule has 0 fully saturated rings. The van der Waals surface area contributed by atoms with Gasteiger partial charge >= 0.3 is 0 Å². The number of carbonyl (C=O) groups excluding carboxylic acids is 1. The smallest absolute Gasteiger partial charge is 0.170 e. The second kappa shape index (κ2) is 11.2. The fraction of sp³-hybridized carbons (Fsp3) is 0.0652. The monoisotopic (exact) mass is 600 g/mol. The molecule has 0 N–H and O–H groups in total. The highest BCUT2D eigenvalue weighted by Crippen LogP contribution is 2.44. The molecule has 9 rings (SSSR count). The third-order valence-electron chi connectivity index (χ3n) is 10.1. The van der Waals surface area contributed by atoms with Gasteiger partial charge in [-0.2, -0.15) is 0 Å². The molecule has 1 unspecified atom stereocenters. The highest BCUT2D eigenvalue weighted by molar-refractivity contribution is 6.27. The zero-order valence-electron chi connectivity index (χ0n) is 26.0. The summed E-state index contributed by atoms with van der Waals surface area (Å²) in [5.74, 6) is -0.0567. The molecule has 0 amide bonds. The lowest BCUT2D eigenvalue weighted by Crippen LogP contribution is -2.18. The van der Waals surface area contributed by atoms with Gasteiger partial charge in [-0.25, -0.2) is 0 Å². The van der Waals surface area contributed by atoms with Gasteiger partial charge in [-0.1, -0.05) is 152 Å². The first kappa shape index (κ1) is 27.5. The summed E-state index contributed by atoms with van der Waals surface area (Å²) < 4.78 is 0. The predicted octanol–water partition coefficient (Wildman–Crippen LogP) is 12.1. The highest BCUT2D eigenvalue weighted by Gasteiger charge is 2.30. The molecule has 1 aliphatic rings. The van der Waals surface area contributed by atoms with E-state index in [1.165, 1.54) is 60.1 Å². The standard InChI is InChI=1S/C46H32O/c47-46-41-19-10-8-17-36(41)43-28-33(30-12-3-1-4-13-30)23-22-32(43)24-27-42(46)40-21-11-20-39-37-26-25-34(31-14-5-2-6-15-31)29-44(37)35-16-7-9-18-38(35)45(39)40/h1-23,25-26,28-29,42H,24,27H2. The van der Waals surface area contributed by atoms with Gasteiger partial charge in [0.2, 0.25) is 0 Å². The van der Waals surface area contributed by atoms with Crippen molar-refractivity contribution in [3.63, 3.8) is 0 Å². The second-order valence-corrected chi connectivity index (χ2v) is 12.7. The fourth-order valence-corrected chi connectivity index (χ4v) is 7.84. The average Bonchev–Trinajstić information content (AvgIpc) is 3.15. The van der Waals surface area contributed by atoms with Gasteiger partial charge in [-0.3, -0.25) is 4.79 Å². The van der Waals surface area contributed by atoms with Crippen molar-refractivity contribution in [2.45, 2.75) is 18.8 Å². The van der Waals surface area contributed by atoms with Crippen LogP contribution in [0.1, 0.15) is 33.8 Å². The number of fused-ring (bicyclic) bond motifs is 9. The van der Waals surface area contributed by atoms with Gasteiger partial charge in [0.05, 0.1) is 0 Å². The van der Waals surface area contributed by atoms with Crippen LogP contribution in [-0.4, -0.2) is 5.78 Å². The number of carbonyl (C=O) groups is 1. The van der Waals surface area contributed by atoms with E-state index in [0.717, 1.165) is 35.1 Å².